The monoisotopic (exact) mass is 411 g/mol. The number of ether oxygens (including phenoxy) is 1. The summed E-state index contributed by atoms with van der Waals surface area (Å²) in [6.07, 6.45) is 0. The quantitative estimate of drug-likeness (QED) is 0.760. The van der Waals surface area contributed by atoms with E-state index in [1.165, 1.54) is 12.1 Å². The molecule has 0 unspecified atom stereocenters. The molecule has 0 aliphatic carbocycles. The van der Waals surface area contributed by atoms with Crippen molar-refractivity contribution in [3.8, 4) is 5.75 Å². The Morgan fingerprint density at radius 3 is 2.30 bits per heavy atom. The molecule has 146 valence electrons. The molecule has 9 heteroatoms. The van der Waals surface area contributed by atoms with E-state index in [-0.39, 0.29) is 11.5 Å². The van der Waals surface area contributed by atoms with Crippen LogP contribution in [0.15, 0.2) is 35.2 Å². The van der Waals surface area contributed by atoms with Crippen molar-refractivity contribution in [2.75, 3.05) is 30.9 Å². The topological polar surface area (TPSA) is 102 Å². The second-order valence-corrected chi connectivity index (χ2v) is 8.32. The van der Waals surface area contributed by atoms with Gasteiger partial charge in [-0.05, 0) is 55.3 Å². The van der Waals surface area contributed by atoms with Crippen molar-refractivity contribution in [3.63, 3.8) is 0 Å². The minimum absolute atomic E-state index is 0.0892. The zero-order chi connectivity index (χ0) is 20.4. The van der Waals surface area contributed by atoms with E-state index in [0.717, 1.165) is 11.1 Å². The first kappa shape index (κ1) is 21.0. The van der Waals surface area contributed by atoms with Gasteiger partial charge in [0.05, 0.1) is 16.3 Å². The lowest BCUT2D eigenvalue weighted by Crippen LogP contribution is -2.23. The van der Waals surface area contributed by atoms with E-state index in [0.29, 0.717) is 22.1 Å². The summed E-state index contributed by atoms with van der Waals surface area (Å²) in [5, 5.41) is 8.44. The molecule has 0 spiro atoms. The fraction of sp³-hybridized carbons (Fsp3) is 0.278. The van der Waals surface area contributed by atoms with Gasteiger partial charge in [-0.2, -0.15) is 0 Å². The molecule has 2 aromatic rings. The number of sulfonamides is 1. The third-order valence-electron chi connectivity index (χ3n) is 3.83. The van der Waals surface area contributed by atoms with Crippen molar-refractivity contribution >= 4 is 38.9 Å². The molecule has 0 aliphatic rings. The van der Waals surface area contributed by atoms with Gasteiger partial charge in [-0.3, -0.25) is 4.79 Å². The predicted molar refractivity (Wildman–Crippen MR) is 107 cm³/mol. The molecule has 0 fully saturated rings. The van der Waals surface area contributed by atoms with E-state index < -0.39 is 15.9 Å². The number of hydrogen-bond donors (Lipinski definition) is 2. The van der Waals surface area contributed by atoms with E-state index in [2.05, 4.69) is 5.32 Å². The van der Waals surface area contributed by atoms with Crippen LogP contribution in [0.25, 0.3) is 0 Å². The molecule has 0 radical (unpaired) electrons. The Morgan fingerprint density at radius 2 is 1.78 bits per heavy atom. The Labute approximate surface area is 164 Å². The Hall–Kier alpha value is -2.29. The average molecular weight is 412 g/mol. The number of amides is 1. The van der Waals surface area contributed by atoms with Crippen LogP contribution in [0.2, 0.25) is 5.02 Å². The first-order valence-corrected chi connectivity index (χ1v) is 9.95. The summed E-state index contributed by atoms with van der Waals surface area (Å²) >= 11 is 5.99. The smallest absolute Gasteiger partial charge is 0.262 e. The number of nitrogens with one attached hydrogen (secondary N) is 1. The Balaban J connectivity index is 2.20. The first-order chi connectivity index (χ1) is 12.5. The van der Waals surface area contributed by atoms with Crippen LogP contribution in [-0.4, -0.2) is 35.0 Å². The molecule has 2 rings (SSSR count). The summed E-state index contributed by atoms with van der Waals surface area (Å²) < 4.78 is 28.8. The van der Waals surface area contributed by atoms with E-state index in [9.17, 15) is 13.2 Å². The molecule has 0 aromatic heterocycles. The summed E-state index contributed by atoms with van der Waals surface area (Å²) in [4.78, 5) is 14.0. The second kappa shape index (κ2) is 8.16. The first-order valence-electron chi connectivity index (χ1n) is 8.02. The second-order valence-electron chi connectivity index (χ2n) is 6.32. The van der Waals surface area contributed by atoms with Crippen molar-refractivity contribution in [1.82, 2.24) is 0 Å². The van der Waals surface area contributed by atoms with Crippen molar-refractivity contribution < 1.29 is 17.9 Å². The molecule has 0 bridgehead atoms. The molecule has 0 saturated carbocycles. The fourth-order valence-electron chi connectivity index (χ4n) is 2.63. The highest BCUT2D eigenvalue weighted by Crippen LogP contribution is 2.28. The minimum Gasteiger partial charge on any atom is -0.483 e. The average Bonchev–Trinajstić information content (AvgIpc) is 2.52. The number of hydrogen-bond acceptors (Lipinski definition) is 5. The molecule has 27 heavy (non-hydrogen) atoms. The summed E-state index contributed by atoms with van der Waals surface area (Å²) in [5.41, 5.74) is 2.59. The minimum atomic E-state index is -3.89. The SMILES string of the molecule is Cc1cc(Cl)cc(C)c1OCC(=O)Nc1cc(S(N)(=O)=O)ccc1N(C)C. The number of benzene rings is 2. The van der Waals surface area contributed by atoms with Crippen LogP contribution in [0.3, 0.4) is 0 Å². The standard InChI is InChI=1S/C18H22ClN3O4S/c1-11-7-13(19)8-12(2)18(11)26-10-17(23)21-15-9-14(27(20,24)25)5-6-16(15)22(3)4/h5-9H,10H2,1-4H3,(H,21,23)(H2,20,24,25). The van der Waals surface area contributed by atoms with Gasteiger partial charge in [0.25, 0.3) is 5.91 Å². The number of anilines is 2. The zero-order valence-electron chi connectivity index (χ0n) is 15.5. The highest BCUT2D eigenvalue weighted by Gasteiger charge is 2.15. The molecule has 7 nitrogen and oxygen atoms in total. The maximum atomic E-state index is 12.3. The maximum Gasteiger partial charge on any atom is 0.262 e. The van der Waals surface area contributed by atoms with Crippen LogP contribution >= 0.6 is 11.6 Å². The summed E-state index contributed by atoms with van der Waals surface area (Å²) in [6, 6.07) is 7.78. The van der Waals surface area contributed by atoms with Gasteiger partial charge in [0.15, 0.2) is 6.61 Å². The van der Waals surface area contributed by atoms with Crippen molar-refractivity contribution in [2.45, 2.75) is 18.7 Å². The number of carbonyl (C=O) groups excluding carboxylic acids is 1. The Kier molecular flexibility index (Phi) is 6.35. The molecule has 0 saturated heterocycles. The highest BCUT2D eigenvalue weighted by molar-refractivity contribution is 7.89. The largest absolute Gasteiger partial charge is 0.483 e. The molecule has 2 aromatic carbocycles. The van der Waals surface area contributed by atoms with Gasteiger partial charge in [-0.15, -0.1) is 0 Å². The number of carbonyl (C=O) groups is 1. The lowest BCUT2D eigenvalue weighted by molar-refractivity contribution is -0.118. The number of halogens is 1. The highest BCUT2D eigenvalue weighted by atomic mass is 35.5. The van der Waals surface area contributed by atoms with E-state index in [1.807, 2.05) is 13.8 Å². The zero-order valence-corrected chi connectivity index (χ0v) is 17.1. The summed E-state index contributed by atoms with van der Waals surface area (Å²) in [5.74, 6) is 0.152. The Morgan fingerprint density at radius 1 is 1.19 bits per heavy atom. The lowest BCUT2D eigenvalue weighted by Gasteiger charge is -2.19. The van der Waals surface area contributed by atoms with Crippen molar-refractivity contribution in [2.24, 2.45) is 5.14 Å². The normalized spacial score (nSPS) is 11.2. The van der Waals surface area contributed by atoms with Crippen LogP contribution in [0.4, 0.5) is 11.4 Å². The van der Waals surface area contributed by atoms with Gasteiger partial charge >= 0.3 is 0 Å². The van der Waals surface area contributed by atoms with Crippen LogP contribution in [0.5, 0.6) is 5.75 Å². The molecule has 0 heterocycles. The predicted octanol–water partition coefficient (Wildman–Crippen LogP) is 2.69. The molecule has 3 N–H and O–H groups in total. The number of rotatable bonds is 6. The van der Waals surface area contributed by atoms with E-state index >= 15 is 0 Å². The number of primary sulfonamides is 1. The Bertz CT molecular complexity index is 952. The van der Waals surface area contributed by atoms with Crippen molar-refractivity contribution in [1.29, 1.82) is 0 Å². The summed E-state index contributed by atoms with van der Waals surface area (Å²) in [6.45, 7) is 3.44. The van der Waals surface area contributed by atoms with Gasteiger partial charge in [0.2, 0.25) is 10.0 Å². The van der Waals surface area contributed by atoms with Crippen molar-refractivity contribution in [3.05, 3.63) is 46.5 Å². The number of aryl methyl sites for hydroxylation is 2. The number of nitrogens with two attached hydrogens (primary N) is 1. The lowest BCUT2D eigenvalue weighted by atomic mass is 10.1. The van der Waals surface area contributed by atoms with Gasteiger partial charge in [-0.25, -0.2) is 13.6 Å². The molecule has 0 aliphatic heterocycles. The van der Waals surface area contributed by atoms with E-state index in [4.69, 9.17) is 21.5 Å². The molecular formula is C18H22ClN3O4S. The van der Waals surface area contributed by atoms with Gasteiger partial charge < -0.3 is 15.0 Å². The third kappa shape index (κ3) is 5.35. The molecular weight excluding hydrogens is 390 g/mol. The van der Waals surface area contributed by atoms with Crippen LogP contribution in [0, 0.1) is 13.8 Å². The van der Waals surface area contributed by atoms with Gasteiger partial charge in [0.1, 0.15) is 5.75 Å². The number of nitrogens with zero attached hydrogens (tertiary/aromatic N) is 1. The summed E-state index contributed by atoms with van der Waals surface area (Å²) in [7, 11) is -0.335. The van der Waals surface area contributed by atoms with Crippen LogP contribution in [-0.2, 0) is 14.8 Å². The van der Waals surface area contributed by atoms with Crippen LogP contribution in [0.1, 0.15) is 11.1 Å². The third-order valence-corrected chi connectivity index (χ3v) is 4.95. The maximum absolute atomic E-state index is 12.3. The molecule has 1 amide bonds. The van der Waals surface area contributed by atoms with Gasteiger partial charge in [-0.1, -0.05) is 11.6 Å². The van der Waals surface area contributed by atoms with Crippen LogP contribution < -0.4 is 20.1 Å². The van der Waals surface area contributed by atoms with E-state index in [1.54, 1.807) is 37.2 Å². The molecule has 0 atom stereocenters. The fourth-order valence-corrected chi connectivity index (χ4v) is 3.50. The van der Waals surface area contributed by atoms with Gasteiger partial charge in [0, 0.05) is 19.1 Å².